The van der Waals surface area contributed by atoms with E-state index < -0.39 is 0 Å². The number of ether oxygens (including phenoxy) is 1. The summed E-state index contributed by atoms with van der Waals surface area (Å²) in [6, 6.07) is 5.31. The summed E-state index contributed by atoms with van der Waals surface area (Å²) in [5.41, 5.74) is 0.548. The van der Waals surface area contributed by atoms with Crippen molar-refractivity contribution in [2.75, 3.05) is 7.11 Å². The number of nitrogens with zero attached hydrogens (tertiary/aromatic N) is 1. The Morgan fingerprint density at radius 3 is 2.94 bits per heavy atom. The van der Waals surface area contributed by atoms with Gasteiger partial charge in [0.2, 0.25) is 0 Å². The highest BCUT2D eigenvalue weighted by Gasteiger charge is 2.13. The molecule has 0 saturated heterocycles. The zero-order valence-electron chi connectivity index (χ0n) is 9.14. The third-order valence-corrected chi connectivity index (χ3v) is 3.50. The Balaban J connectivity index is 2.20. The Hall–Kier alpha value is -1.39. The average molecular weight is 268 g/mol. The molecule has 0 radical (unpaired) electrons. The molecule has 0 aliphatic heterocycles. The molecule has 0 N–H and O–H groups in total. The van der Waals surface area contributed by atoms with Gasteiger partial charge in [0.25, 0.3) is 0 Å². The first-order chi connectivity index (χ1) is 8.20. The van der Waals surface area contributed by atoms with Crippen molar-refractivity contribution in [2.45, 2.75) is 6.42 Å². The van der Waals surface area contributed by atoms with E-state index in [1.54, 1.807) is 18.3 Å². The second-order valence-corrected chi connectivity index (χ2v) is 5.18. The zero-order valence-corrected chi connectivity index (χ0v) is 10.7. The molecule has 0 aliphatic rings. The summed E-state index contributed by atoms with van der Waals surface area (Å²) in [6.45, 7) is 0. The summed E-state index contributed by atoms with van der Waals surface area (Å²) in [6.07, 6.45) is 3.45. The summed E-state index contributed by atoms with van der Waals surface area (Å²) in [7, 11) is 1.52. The number of methoxy groups -OCH3 is 1. The second-order valence-electron chi connectivity index (χ2n) is 3.38. The number of ketones is 1. The van der Waals surface area contributed by atoms with Gasteiger partial charge < -0.3 is 4.74 Å². The van der Waals surface area contributed by atoms with Gasteiger partial charge in [0.1, 0.15) is 5.75 Å². The average Bonchev–Trinajstić information content (AvgIpc) is 2.74. The number of halogens is 1. The fourth-order valence-electron chi connectivity index (χ4n) is 1.47. The summed E-state index contributed by atoms with van der Waals surface area (Å²) in [5, 5.41) is 0. The van der Waals surface area contributed by atoms with E-state index >= 15 is 0 Å². The number of hydrogen-bond acceptors (Lipinski definition) is 4. The van der Waals surface area contributed by atoms with Crippen LogP contribution in [-0.2, 0) is 6.42 Å². The minimum atomic E-state index is 0.00256. The van der Waals surface area contributed by atoms with Gasteiger partial charge in [0.15, 0.2) is 5.78 Å². The molecular formula is C12H10ClNO2S. The molecule has 17 heavy (non-hydrogen) atoms. The van der Waals surface area contributed by atoms with Gasteiger partial charge in [0, 0.05) is 17.5 Å². The maximum atomic E-state index is 12.1. The minimum absolute atomic E-state index is 0.00256. The van der Waals surface area contributed by atoms with E-state index in [0.717, 1.165) is 4.88 Å². The van der Waals surface area contributed by atoms with Crippen molar-refractivity contribution in [1.82, 2.24) is 4.98 Å². The van der Waals surface area contributed by atoms with E-state index in [1.807, 2.05) is 6.07 Å². The van der Waals surface area contributed by atoms with Crippen molar-refractivity contribution in [3.8, 4) is 5.75 Å². The van der Waals surface area contributed by atoms with E-state index in [2.05, 4.69) is 4.98 Å². The summed E-state index contributed by atoms with van der Waals surface area (Å²) in [4.78, 5) is 16.9. The highest BCUT2D eigenvalue weighted by atomic mass is 35.5. The molecule has 2 rings (SSSR count). The monoisotopic (exact) mass is 267 g/mol. The van der Waals surface area contributed by atoms with E-state index in [0.29, 0.717) is 22.1 Å². The predicted molar refractivity (Wildman–Crippen MR) is 68.2 cm³/mol. The Bertz CT molecular complexity index is 539. The molecule has 0 spiro atoms. The van der Waals surface area contributed by atoms with Crippen LogP contribution in [0.1, 0.15) is 15.2 Å². The number of pyridine rings is 1. The topological polar surface area (TPSA) is 39.2 Å². The summed E-state index contributed by atoms with van der Waals surface area (Å²) < 4.78 is 5.79. The lowest BCUT2D eigenvalue weighted by Gasteiger charge is -2.05. The van der Waals surface area contributed by atoms with Gasteiger partial charge in [-0.1, -0.05) is 11.6 Å². The van der Waals surface area contributed by atoms with Crippen LogP contribution in [0.3, 0.4) is 0 Å². The number of carbonyl (C=O) groups excluding carboxylic acids is 1. The van der Waals surface area contributed by atoms with Crippen LogP contribution in [0.2, 0.25) is 4.34 Å². The lowest BCUT2D eigenvalue weighted by Crippen LogP contribution is -2.05. The fraction of sp³-hybridized carbons (Fsp3) is 0.167. The van der Waals surface area contributed by atoms with Crippen molar-refractivity contribution in [1.29, 1.82) is 0 Å². The largest absolute Gasteiger partial charge is 0.494 e. The molecule has 0 aromatic carbocycles. The van der Waals surface area contributed by atoms with Gasteiger partial charge in [-0.2, -0.15) is 0 Å². The molecule has 0 atom stereocenters. The summed E-state index contributed by atoms with van der Waals surface area (Å²) in [5.74, 6) is 0.503. The maximum absolute atomic E-state index is 12.1. The van der Waals surface area contributed by atoms with Gasteiger partial charge in [-0.3, -0.25) is 9.78 Å². The van der Waals surface area contributed by atoms with E-state index in [-0.39, 0.29) is 5.78 Å². The molecule has 88 valence electrons. The maximum Gasteiger partial charge on any atom is 0.171 e. The number of rotatable bonds is 4. The molecule has 0 fully saturated rings. The normalized spacial score (nSPS) is 10.2. The lowest BCUT2D eigenvalue weighted by molar-refractivity contribution is 0.0990. The first-order valence-corrected chi connectivity index (χ1v) is 6.15. The van der Waals surface area contributed by atoms with Crippen molar-refractivity contribution >= 4 is 28.7 Å². The fourth-order valence-corrected chi connectivity index (χ4v) is 2.56. The SMILES string of the molecule is COc1cnccc1C(=O)Cc1ccc(Cl)s1. The van der Waals surface area contributed by atoms with Crippen LogP contribution in [0.5, 0.6) is 5.75 Å². The number of aromatic nitrogens is 1. The van der Waals surface area contributed by atoms with Crippen molar-refractivity contribution in [3.05, 3.63) is 45.4 Å². The first-order valence-electron chi connectivity index (χ1n) is 4.96. The van der Waals surface area contributed by atoms with Crippen molar-refractivity contribution in [2.24, 2.45) is 0 Å². The van der Waals surface area contributed by atoms with Crippen molar-refractivity contribution in [3.63, 3.8) is 0 Å². The molecule has 2 aromatic heterocycles. The van der Waals surface area contributed by atoms with Crippen LogP contribution in [0, 0.1) is 0 Å². The molecule has 0 aliphatic carbocycles. The quantitative estimate of drug-likeness (QED) is 0.799. The van der Waals surface area contributed by atoms with Gasteiger partial charge in [-0.15, -0.1) is 11.3 Å². The number of thiophene rings is 1. The molecule has 5 heteroatoms. The van der Waals surface area contributed by atoms with Crippen LogP contribution in [0.25, 0.3) is 0 Å². The Morgan fingerprint density at radius 2 is 2.29 bits per heavy atom. The summed E-state index contributed by atoms with van der Waals surface area (Å²) >= 11 is 7.23. The Kier molecular flexibility index (Phi) is 3.76. The van der Waals surface area contributed by atoms with Gasteiger partial charge in [-0.05, 0) is 18.2 Å². The van der Waals surface area contributed by atoms with E-state index in [1.165, 1.54) is 24.6 Å². The minimum Gasteiger partial charge on any atom is -0.494 e. The van der Waals surface area contributed by atoms with Gasteiger partial charge in [0.05, 0.1) is 23.2 Å². The zero-order chi connectivity index (χ0) is 12.3. The number of Topliss-reactive ketones (excluding diaryl/α,β-unsaturated/α-hetero) is 1. The predicted octanol–water partition coefficient (Wildman–Crippen LogP) is 3.23. The third-order valence-electron chi connectivity index (χ3n) is 2.27. The highest BCUT2D eigenvalue weighted by Crippen LogP contribution is 2.24. The molecule has 0 amide bonds. The molecule has 2 aromatic rings. The highest BCUT2D eigenvalue weighted by molar-refractivity contribution is 7.16. The molecule has 2 heterocycles. The molecule has 3 nitrogen and oxygen atoms in total. The van der Waals surface area contributed by atoms with E-state index in [9.17, 15) is 4.79 Å². The smallest absolute Gasteiger partial charge is 0.171 e. The molecular weight excluding hydrogens is 258 g/mol. The Labute approximate surface area is 108 Å². The molecule has 0 bridgehead atoms. The first kappa shape index (κ1) is 12.1. The van der Waals surface area contributed by atoms with Crippen LogP contribution in [-0.4, -0.2) is 17.9 Å². The molecule has 0 saturated carbocycles. The third kappa shape index (κ3) is 2.84. The van der Waals surface area contributed by atoms with Gasteiger partial charge in [-0.25, -0.2) is 0 Å². The number of hydrogen-bond donors (Lipinski definition) is 0. The van der Waals surface area contributed by atoms with E-state index in [4.69, 9.17) is 16.3 Å². The number of carbonyl (C=O) groups is 1. The van der Waals surface area contributed by atoms with Crippen molar-refractivity contribution < 1.29 is 9.53 Å². The lowest BCUT2D eigenvalue weighted by atomic mass is 10.1. The Morgan fingerprint density at radius 1 is 1.47 bits per heavy atom. The van der Waals surface area contributed by atoms with Crippen LogP contribution in [0.15, 0.2) is 30.6 Å². The van der Waals surface area contributed by atoms with Crippen LogP contribution in [0.4, 0.5) is 0 Å². The van der Waals surface area contributed by atoms with Crippen LogP contribution >= 0.6 is 22.9 Å². The van der Waals surface area contributed by atoms with Gasteiger partial charge >= 0.3 is 0 Å². The molecule has 0 unspecified atom stereocenters. The van der Waals surface area contributed by atoms with Crippen LogP contribution < -0.4 is 4.74 Å². The standard InChI is InChI=1S/C12H10ClNO2S/c1-16-11-7-14-5-4-9(11)10(15)6-8-2-3-12(13)17-8/h2-5,7H,6H2,1H3. The second kappa shape index (κ2) is 5.29.